The summed E-state index contributed by atoms with van der Waals surface area (Å²) in [5.41, 5.74) is 0.997. The van der Waals surface area contributed by atoms with Crippen molar-refractivity contribution in [3.05, 3.63) is 30.1 Å². The molecular formula is C16H25N3O. The van der Waals surface area contributed by atoms with Crippen molar-refractivity contribution < 1.29 is 4.79 Å². The fraction of sp³-hybridized carbons (Fsp3) is 0.625. The van der Waals surface area contributed by atoms with E-state index in [0.29, 0.717) is 12.3 Å². The molecular weight excluding hydrogens is 250 g/mol. The molecule has 1 aliphatic rings. The number of piperidine rings is 1. The van der Waals surface area contributed by atoms with Crippen LogP contribution < -0.4 is 5.32 Å². The molecule has 1 saturated heterocycles. The van der Waals surface area contributed by atoms with Gasteiger partial charge >= 0.3 is 0 Å². The summed E-state index contributed by atoms with van der Waals surface area (Å²) in [6.07, 6.45) is 5.54. The van der Waals surface area contributed by atoms with Gasteiger partial charge in [-0.3, -0.25) is 9.78 Å². The summed E-state index contributed by atoms with van der Waals surface area (Å²) in [6, 6.07) is 5.85. The molecule has 1 aromatic rings. The molecule has 20 heavy (non-hydrogen) atoms. The van der Waals surface area contributed by atoms with Crippen LogP contribution in [-0.4, -0.2) is 42.0 Å². The Hall–Kier alpha value is -1.42. The van der Waals surface area contributed by atoms with Gasteiger partial charge in [0, 0.05) is 31.4 Å². The molecule has 4 heteroatoms. The Labute approximate surface area is 121 Å². The van der Waals surface area contributed by atoms with E-state index in [0.717, 1.165) is 38.3 Å². The van der Waals surface area contributed by atoms with Crippen molar-refractivity contribution in [1.82, 2.24) is 15.2 Å². The second-order valence-corrected chi connectivity index (χ2v) is 5.47. The Balaban J connectivity index is 1.79. The van der Waals surface area contributed by atoms with Crippen LogP contribution in [0, 0.1) is 5.92 Å². The van der Waals surface area contributed by atoms with E-state index >= 15 is 0 Å². The number of nitrogens with zero attached hydrogens (tertiary/aromatic N) is 2. The zero-order chi connectivity index (χ0) is 14.2. The van der Waals surface area contributed by atoms with Gasteiger partial charge in [0.2, 0.25) is 5.91 Å². The molecule has 1 N–H and O–H groups in total. The van der Waals surface area contributed by atoms with Crippen LogP contribution in [0.3, 0.4) is 0 Å². The van der Waals surface area contributed by atoms with Crippen LogP contribution in [0.25, 0.3) is 0 Å². The molecule has 1 fully saturated rings. The smallest absolute Gasteiger partial charge is 0.222 e. The number of rotatable bonds is 6. The van der Waals surface area contributed by atoms with Crippen LogP contribution >= 0.6 is 0 Å². The lowest BCUT2D eigenvalue weighted by Gasteiger charge is -2.29. The van der Waals surface area contributed by atoms with Crippen molar-refractivity contribution in [2.75, 3.05) is 26.2 Å². The number of nitrogens with one attached hydrogen (secondary N) is 1. The summed E-state index contributed by atoms with van der Waals surface area (Å²) in [5.74, 6) is 0.867. The Kier molecular flexibility index (Phi) is 5.99. The normalized spacial score (nSPS) is 18.8. The molecule has 0 spiro atoms. The van der Waals surface area contributed by atoms with Gasteiger partial charge in [0.15, 0.2) is 0 Å². The van der Waals surface area contributed by atoms with E-state index in [2.05, 4.69) is 17.2 Å². The molecule has 1 amide bonds. The fourth-order valence-electron chi connectivity index (χ4n) is 2.74. The van der Waals surface area contributed by atoms with Gasteiger partial charge in [-0.15, -0.1) is 0 Å². The Bertz CT molecular complexity index is 401. The summed E-state index contributed by atoms with van der Waals surface area (Å²) in [7, 11) is 0. The van der Waals surface area contributed by atoms with E-state index < -0.39 is 0 Å². The summed E-state index contributed by atoms with van der Waals surface area (Å²) in [6.45, 7) is 5.93. The summed E-state index contributed by atoms with van der Waals surface area (Å²) < 4.78 is 0. The topological polar surface area (TPSA) is 45.2 Å². The van der Waals surface area contributed by atoms with E-state index in [4.69, 9.17) is 0 Å². The molecule has 2 heterocycles. The third-order valence-electron chi connectivity index (χ3n) is 3.93. The Morgan fingerprint density at radius 3 is 3.05 bits per heavy atom. The lowest BCUT2D eigenvalue weighted by atomic mass is 9.99. The minimum absolute atomic E-state index is 0.253. The second-order valence-electron chi connectivity index (χ2n) is 5.47. The maximum Gasteiger partial charge on any atom is 0.222 e. The molecule has 0 aliphatic carbocycles. The van der Waals surface area contributed by atoms with Crippen LogP contribution in [-0.2, 0) is 11.2 Å². The monoisotopic (exact) mass is 275 g/mol. The zero-order valence-corrected chi connectivity index (χ0v) is 12.3. The van der Waals surface area contributed by atoms with Gasteiger partial charge in [-0.25, -0.2) is 0 Å². The maximum atomic E-state index is 12.3. The van der Waals surface area contributed by atoms with Crippen molar-refractivity contribution in [3.8, 4) is 0 Å². The first-order chi connectivity index (χ1) is 9.79. The van der Waals surface area contributed by atoms with E-state index in [-0.39, 0.29) is 5.91 Å². The van der Waals surface area contributed by atoms with Crippen molar-refractivity contribution in [3.63, 3.8) is 0 Å². The average Bonchev–Trinajstić information content (AvgIpc) is 2.52. The summed E-state index contributed by atoms with van der Waals surface area (Å²) in [4.78, 5) is 18.6. The first-order valence-electron chi connectivity index (χ1n) is 7.68. The quantitative estimate of drug-likeness (QED) is 0.862. The highest BCUT2D eigenvalue weighted by atomic mass is 16.2. The molecule has 0 aromatic carbocycles. The van der Waals surface area contributed by atoms with Gasteiger partial charge < -0.3 is 10.2 Å². The van der Waals surface area contributed by atoms with Crippen LogP contribution in [0.4, 0.5) is 0 Å². The zero-order valence-electron chi connectivity index (χ0n) is 12.3. The molecule has 1 aromatic heterocycles. The number of pyridine rings is 1. The van der Waals surface area contributed by atoms with Crippen LogP contribution in [0.2, 0.25) is 0 Å². The van der Waals surface area contributed by atoms with E-state index in [1.807, 2.05) is 23.1 Å². The van der Waals surface area contributed by atoms with E-state index in [9.17, 15) is 4.79 Å². The molecule has 0 bridgehead atoms. The third kappa shape index (κ3) is 4.60. The number of aromatic nitrogens is 1. The van der Waals surface area contributed by atoms with Crippen LogP contribution in [0.15, 0.2) is 24.4 Å². The van der Waals surface area contributed by atoms with Gasteiger partial charge in [-0.05, 0) is 57.3 Å². The molecule has 2 rings (SSSR count). The molecule has 0 saturated carbocycles. The predicted molar refractivity (Wildman–Crippen MR) is 80.4 cm³/mol. The fourth-order valence-corrected chi connectivity index (χ4v) is 2.74. The van der Waals surface area contributed by atoms with Crippen LogP contribution in [0.1, 0.15) is 31.9 Å². The summed E-state index contributed by atoms with van der Waals surface area (Å²) >= 11 is 0. The van der Waals surface area contributed by atoms with Crippen molar-refractivity contribution >= 4 is 5.91 Å². The molecule has 1 unspecified atom stereocenters. The number of hydrogen-bond acceptors (Lipinski definition) is 3. The second kappa shape index (κ2) is 8.00. The van der Waals surface area contributed by atoms with E-state index in [1.54, 1.807) is 6.20 Å². The van der Waals surface area contributed by atoms with E-state index in [1.165, 1.54) is 12.8 Å². The number of amides is 1. The molecule has 1 aliphatic heterocycles. The third-order valence-corrected chi connectivity index (χ3v) is 3.93. The first kappa shape index (κ1) is 15.0. The minimum atomic E-state index is 0.253. The highest BCUT2D eigenvalue weighted by molar-refractivity contribution is 5.76. The standard InChI is InChI=1S/C16H25N3O/c1-2-19(13-14-6-5-10-17-12-14)16(20)9-8-15-7-3-4-11-18-15/h3-4,7,11,14,17H,2,5-6,8-10,12-13H2,1H3. The predicted octanol–water partition coefficient (Wildman–Crippen LogP) is 1.86. The van der Waals surface area contributed by atoms with Gasteiger partial charge in [0.1, 0.15) is 0 Å². The highest BCUT2D eigenvalue weighted by Crippen LogP contribution is 2.13. The SMILES string of the molecule is CCN(CC1CCCNC1)C(=O)CCc1ccccn1. The van der Waals surface area contributed by atoms with Gasteiger partial charge in [-0.2, -0.15) is 0 Å². The lowest BCUT2D eigenvalue weighted by Crippen LogP contribution is -2.41. The van der Waals surface area contributed by atoms with Gasteiger partial charge in [0.05, 0.1) is 0 Å². The molecule has 4 nitrogen and oxygen atoms in total. The van der Waals surface area contributed by atoms with Crippen molar-refractivity contribution in [2.45, 2.75) is 32.6 Å². The Morgan fingerprint density at radius 1 is 1.50 bits per heavy atom. The van der Waals surface area contributed by atoms with Crippen molar-refractivity contribution in [1.29, 1.82) is 0 Å². The van der Waals surface area contributed by atoms with Gasteiger partial charge in [0.25, 0.3) is 0 Å². The maximum absolute atomic E-state index is 12.3. The highest BCUT2D eigenvalue weighted by Gasteiger charge is 2.19. The van der Waals surface area contributed by atoms with Crippen LogP contribution in [0.5, 0.6) is 0 Å². The lowest BCUT2D eigenvalue weighted by molar-refractivity contribution is -0.131. The number of aryl methyl sites for hydroxylation is 1. The van der Waals surface area contributed by atoms with Crippen molar-refractivity contribution in [2.24, 2.45) is 5.92 Å². The first-order valence-corrected chi connectivity index (χ1v) is 7.68. The Morgan fingerprint density at radius 2 is 2.40 bits per heavy atom. The molecule has 0 radical (unpaired) electrons. The minimum Gasteiger partial charge on any atom is -0.343 e. The average molecular weight is 275 g/mol. The number of carbonyl (C=O) groups is 1. The molecule has 1 atom stereocenters. The van der Waals surface area contributed by atoms with Gasteiger partial charge in [-0.1, -0.05) is 6.07 Å². The largest absolute Gasteiger partial charge is 0.343 e. The molecule has 110 valence electrons. The number of hydrogen-bond donors (Lipinski definition) is 1. The number of carbonyl (C=O) groups excluding carboxylic acids is 1. The summed E-state index contributed by atoms with van der Waals surface area (Å²) in [5, 5.41) is 3.41.